The molecule has 0 aliphatic rings. The third kappa shape index (κ3) is 5.18. The number of anilines is 1. The highest BCUT2D eigenvalue weighted by molar-refractivity contribution is 6.36. The molecule has 0 saturated carbocycles. The summed E-state index contributed by atoms with van der Waals surface area (Å²) in [6, 6.07) is 16.3. The third-order valence-corrected chi connectivity index (χ3v) is 5.20. The summed E-state index contributed by atoms with van der Waals surface area (Å²) >= 11 is 24.4. The lowest BCUT2D eigenvalue weighted by molar-refractivity contribution is 0.282. The van der Waals surface area contributed by atoms with E-state index in [1.54, 1.807) is 31.4 Å². The molecule has 0 aliphatic heterocycles. The van der Waals surface area contributed by atoms with Gasteiger partial charge in [-0.3, -0.25) is 0 Å². The van der Waals surface area contributed by atoms with E-state index in [1.165, 1.54) is 0 Å². The molecule has 0 atom stereocenters. The molecule has 1 N–H and O–H groups in total. The van der Waals surface area contributed by atoms with Crippen LogP contribution in [0.15, 0.2) is 54.6 Å². The molecular weight excluding hydrogens is 440 g/mol. The first-order valence-corrected chi connectivity index (χ1v) is 9.90. The lowest BCUT2D eigenvalue weighted by Crippen LogP contribution is -2.06. The maximum Gasteiger partial charge on any atom is 0.166 e. The Labute approximate surface area is 184 Å². The van der Waals surface area contributed by atoms with Gasteiger partial charge in [0.15, 0.2) is 11.5 Å². The largest absolute Gasteiger partial charge is 0.493 e. The summed E-state index contributed by atoms with van der Waals surface area (Å²) in [6.07, 6.45) is 0. The van der Waals surface area contributed by atoms with Gasteiger partial charge < -0.3 is 14.8 Å². The van der Waals surface area contributed by atoms with Gasteiger partial charge in [-0.15, -0.1) is 0 Å². The van der Waals surface area contributed by atoms with Gasteiger partial charge in [-0.05, 0) is 36.4 Å². The Morgan fingerprint density at radius 1 is 0.821 bits per heavy atom. The minimum absolute atomic E-state index is 0.283. The average molecular weight is 457 g/mol. The zero-order valence-electron chi connectivity index (χ0n) is 14.9. The molecule has 0 amide bonds. The molecule has 0 heterocycles. The molecule has 146 valence electrons. The molecule has 0 bridgehead atoms. The van der Waals surface area contributed by atoms with Gasteiger partial charge in [0.1, 0.15) is 6.61 Å². The quantitative estimate of drug-likeness (QED) is 0.399. The van der Waals surface area contributed by atoms with Gasteiger partial charge in [0.05, 0.1) is 17.8 Å². The number of para-hydroxylation sites is 1. The fraction of sp³-hybridized carbons (Fsp3) is 0.143. The molecule has 3 nitrogen and oxygen atoms in total. The molecule has 0 fully saturated rings. The van der Waals surface area contributed by atoms with Crippen molar-refractivity contribution in [2.45, 2.75) is 13.2 Å². The van der Waals surface area contributed by atoms with E-state index >= 15 is 0 Å². The van der Waals surface area contributed by atoms with Crippen LogP contribution < -0.4 is 14.8 Å². The van der Waals surface area contributed by atoms with E-state index in [-0.39, 0.29) is 6.61 Å². The summed E-state index contributed by atoms with van der Waals surface area (Å²) in [7, 11) is 1.60. The van der Waals surface area contributed by atoms with Gasteiger partial charge in [0.25, 0.3) is 0 Å². The van der Waals surface area contributed by atoms with Crippen LogP contribution in [0.2, 0.25) is 20.1 Å². The highest BCUT2D eigenvalue weighted by Crippen LogP contribution is 2.34. The Bertz CT molecular complexity index is 979. The van der Waals surface area contributed by atoms with Crippen LogP contribution in [0.25, 0.3) is 0 Å². The van der Waals surface area contributed by atoms with Crippen LogP contribution >= 0.6 is 46.4 Å². The van der Waals surface area contributed by atoms with E-state index < -0.39 is 0 Å². The first kappa shape index (κ1) is 20.9. The van der Waals surface area contributed by atoms with E-state index in [0.717, 1.165) is 16.8 Å². The zero-order chi connectivity index (χ0) is 20.1. The first-order chi connectivity index (χ1) is 13.5. The summed E-state index contributed by atoms with van der Waals surface area (Å²) in [5.41, 5.74) is 2.52. The predicted octanol–water partition coefficient (Wildman–Crippen LogP) is 7.50. The van der Waals surface area contributed by atoms with Crippen molar-refractivity contribution < 1.29 is 9.47 Å². The van der Waals surface area contributed by atoms with Gasteiger partial charge >= 0.3 is 0 Å². The Balaban J connectivity index is 1.79. The van der Waals surface area contributed by atoms with Crippen molar-refractivity contribution in [2.75, 3.05) is 12.4 Å². The molecule has 0 aromatic heterocycles. The van der Waals surface area contributed by atoms with Crippen LogP contribution in [0.4, 0.5) is 5.69 Å². The minimum atomic E-state index is 0.283. The summed E-state index contributed by atoms with van der Waals surface area (Å²) in [4.78, 5) is 0. The standard InChI is InChI=1S/C21H17Cl4NO2/c1-27-20-4-2-3-13(11-26-19-8-7-16(23)10-18(19)25)21(20)28-12-14-5-6-15(22)9-17(14)24/h2-10,26H,11-12H2,1H3. The molecule has 0 radical (unpaired) electrons. The number of rotatable bonds is 7. The summed E-state index contributed by atoms with van der Waals surface area (Å²) in [6.45, 7) is 0.771. The van der Waals surface area contributed by atoms with Crippen LogP contribution in [0.1, 0.15) is 11.1 Å². The topological polar surface area (TPSA) is 30.5 Å². The van der Waals surface area contributed by atoms with Crippen molar-refractivity contribution >= 4 is 52.1 Å². The zero-order valence-corrected chi connectivity index (χ0v) is 18.0. The fourth-order valence-corrected chi connectivity index (χ4v) is 3.58. The van der Waals surface area contributed by atoms with Crippen molar-refractivity contribution in [3.8, 4) is 11.5 Å². The lowest BCUT2D eigenvalue weighted by Gasteiger charge is -2.17. The van der Waals surface area contributed by atoms with Gasteiger partial charge in [-0.25, -0.2) is 0 Å². The molecule has 7 heteroatoms. The minimum Gasteiger partial charge on any atom is -0.493 e. The smallest absolute Gasteiger partial charge is 0.166 e. The third-order valence-electron chi connectivity index (χ3n) is 4.07. The Morgan fingerprint density at radius 2 is 1.54 bits per heavy atom. The highest BCUT2D eigenvalue weighted by atomic mass is 35.5. The number of methoxy groups -OCH3 is 1. The average Bonchev–Trinajstić information content (AvgIpc) is 2.67. The van der Waals surface area contributed by atoms with Crippen LogP contribution in [-0.4, -0.2) is 7.11 Å². The summed E-state index contributed by atoms with van der Waals surface area (Å²) in [5.74, 6) is 1.26. The second kappa shape index (κ2) is 9.62. The molecule has 3 aromatic carbocycles. The molecule has 0 unspecified atom stereocenters. The van der Waals surface area contributed by atoms with Crippen molar-refractivity contribution in [2.24, 2.45) is 0 Å². The second-order valence-electron chi connectivity index (χ2n) is 5.95. The molecular formula is C21H17Cl4NO2. The van der Waals surface area contributed by atoms with E-state index in [4.69, 9.17) is 55.9 Å². The monoisotopic (exact) mass is 455 g/mol. The Morgan fingerprint density at radius 3 is 2.21 bits per heavy atom. The van der Waals surface area contributed by atoms with Crippen LogP contribution in [-0.2, 0) is 13.2 Å². The number of ether oxygens (including phenoxy) is 2. The number of hydrogen-bond acceptors (Lipinski definition) is 3. The van der Waals surface area contributed by atoms with E-state index in [1.807, 2.05) is 30.3 Å². The Hall–Kier alpha value is -1.78. The van der Waals surface area contributed by atoms with Gasteiger partial charge in [0, 0.05) is 32.7 Å². The molecule has 3 rings (SSSR count). The van der Waals surface area contributed by atoms with E-state index in [2.05, 4.69) is 5.32 Å². The van der Waals surface area contributed by atoms with Gasteiger partial charge in [-0.2, -0.15) is 0 Å². The molecule has 0 saturated heterocycles. The molecule has 3 aromatic rings. The number of benzene rings is 3. The molecule has 0 spiro atoms. The highest BCUT2D eigenvalue weighted by Gasteiger charge is 2.13. The normalized spacial score (nSPS) is 10.6. The predicted molar refractivity (Wildman–Crippen MR) is 118 cm³/mol. The summed E-state index contributed by atoms with van der Waals surface area (Å²) < 4.78 is 11.5. The first-order valence-electron chi connectivity index (χ1n) is 8.39. The summed E-state index contributed by atoms with van der Waals surface area (Å²) in [5, 5.41) is 5.56. The van der Waals surface area contributed by atoms with Gasteiger partial charge in [0.2, 0.25) is 0 Å². The van der Waals surface area contributed by atoms with Crippen LogP contribution in [0.3, 0.4) is 0 Å². The second-order valence-corrected chi connectivity index (χ2v) is 7.64. The van der Waals surface area contributed by atoms with Crippen molar-refractivity contribution in [3.05, 3.63) is 85.8 Å². The SMILES string of the molecule is COc1cccc(CNc2ccc(Cl)cc2Cl)c1OCc1ccc(Cl)cc1Cl. The number of nitrogens with one attached hydrogen (secondary N) is 1. The van der Waals surface area contributed by atoms with Crippen molar-refractivity contribution in [3.63, 3.8) is 0 Å². The van der Waals surface area contributed by atoms with Crippen molar-refractivity contribution in [1.29, 1.82) is 0 Å². The number of halogens is 4. The van der Waals surface area contributed by atoms with Crippen LogP contribution in [0.5, 0.6) is 11.5 Å². The maximum absolute atomic E-state index is 6.25. The molecule has 0 aliphatic carbocycles. The van der Waals surface area contributed by atoms with E-state index in [0.29, 0.717) is 38.1 Å². The van der Waals surface area contributed by atoms with Gasteiger partial charge in [-0.1, -0.05) is 64.6 Å². The van der Waals surface area contributed by atoms with E-state index in [9.17, 15) is 0 Å². The lowest BCUT2D eigenvalue weighted by atomic mass is 10.1. The van der Waals surface area contributed by atoms with Crippen molar-refractivity contribution in [1.82, 2.24) is 0 Å². The number of hydrogen-bond donors (Lipinski definition) is 1. The molecule has 28 heavy (non-hydrogen) atoms. The van der Waals surface area contributed by atoms with Crippen LogP contribution in [0, 0.1) is 0 Å². The Kier molecular flexibility index (Phi) is 7.19. The maximum atomic E-state index is 6.25. The fourth-order valence-electron chi connectivity index (χ4n) is 2.64.